The highest BCUT2D eigenvalue weighted by Crippen LogP contribution is 1.82. The number of carbonyl (C=O) groups is 1. The first-order chi connectivity index (χ1) is 2.89. The second-order valence-corrected chi connectivity index (χ2v) is 1.12. The molecule has 0 aliphatic carbocycles. The van der Waals surface area contributed by atoms with Crippen LogP contribution in [0.2, 0.25) is 0 Å². The highest BCUT2D eigenvalue weighted by atomic mass is 16.1. The van der Waals surface area contributed by atoms with Crippen molar-refractivity contribution >= 4 is 5.78 Å². The third kappa shape index (κ3) is 0.407. The van der Waals surface area contributed by atoms with Crippen LogP contribution in [0.3, 0.4) is 0 Å². The molecular formula is C4H4NO. The van der Waals surface area contributed by atoms with Crippen molar-refractivity contribution in [3.63, 3.8) is 0 Å². The molecule has 0 amide bonds. The maximum absolute atomic E-state index is 10.1. The molecule has 31 valence electrons. The van der Waals surface area contributed by atoms with Gasteiger partial charge in [0.15, 0.2) is 5.78 Å². The Morgan fingerprint density at radius 3 is 2.83 bits per heavy atom. The van der Waals surface area contributed by atoms with E-state index in [1.165, 1.54) is 12.3 Å². The van der Waals surface area contributed by atoms with Crippen LogP contribution in [0.5, 0.6) is 0 Å². The predicted octanol–water partition coefficient (Wildman–Crippen LogP) is -0.313. The highest BCUT2D eigenvalue weighted by Gasteiger charge is 1.99. The topological polar surface area (TPSA) is 31.2 Å². The predicted molar refractivity (Wildman–Crippen MR) is 21.1 cm³/mol. The van der Waals surface area contributed by atoms with Gasteiger partial charge in [-0.2, -0.15) is 0 Å². The van der Waals surface area contributed by atoms with E-state index in [9.17, 15) is 4.79 Å². The molecule has 1 radical (unpaired) electrons. The Bertz CT molecular complexity index is 95.7. The first-order valence-electron chi connectivity index (χ1n) is 1.75. The zero-order valence-electron chi connectivity index (χ0n) is 3.22. The van der Waals surface area contributed by atoms with Crippen LogP contribution < -0.4 is 5.32 Å². The van der Waals surface area contributed by atoms with Gasteiger partial charge in [0.2, 0.25) is 0 Å². The summed E-state index contributed by atoms with van der Waals surface area (Å²) in [5, 5.41) is 3.63. The van der Waals surface area contributed by atoms with Crippen LogP contribution in [0.1, 0.15) is 0 Å². The van der Waals surface area contributed by atoms with Crippen molar-refractivity contribution in [3.05, 3.63) is 12.3 Å². The average molecular weight is 82.1 g/mol. The molecule has 0 aromatic carbocycles. The number of nitrogens with zero attached hydrogens (tertiary/aromatic N) is 1. The lowest BCUT2D eigenvalue weighted by Gasteiger charge is -1.73. The number of hydrogen-bond acceptors (Lipinski definition) is 1. The van der Waals surface area contributed by atoms with Gasteiger partial charge in [-0.25, -0.2) is 0 Å². The van der Waals surface area contributed by atoms with E-state index in [1.54, 1.807) is 0 Å². The summed E-state index contributed by atoms with van der Waals surface area (Å²) >= 11 is 0. The van der Waals surface area contributed by atoms with Crippen molar-refractivity contribution < 1.29 is 4.79 Å². The maximum Gasteiger partial charge on any atom is 0.178 e. The van der Waals surface area contributed by atoms with Gasteiger partial charge in [0.05, 0.1) is 0 Å². The lowest BCUT2D eigenvalue weighted by atomic mass is 10.4. The summed E-state index contributed by atoms with van der Waals surface area (Å²) in [7, 11) is 0. The van der Waals surface area contributed by atoms with Crippen LogP contribution in [-0.2, 0) is 4.79 Å². The van der Waals surface area contributed by atoms with Crippen molar-refractivity contribution in [2.24, 2.45) is 0 Å². The minimum Gasteiger partial charge on any atom is -0.293 e. The molecule has 0 unspecified atom stereocenters. The summed E-state index contributed by atoms with van der Waals surface area (Å²) < 4.78 is 0. The molecule has 0 saturated carbocycles. The van der Waals surface area contributed by atoms with Gasteiger partial charge in [0, 0.05) is 12.3 Å². The minimum atomic E-state index is 0.106. The van der Waals surface area contributed by atoms with E-state index < -0.39 is 0 Å². The number of hydrogen-bond donors (Lipinski definition) is 0. The van der Waals surface area contributed by atoms with Crippen molar-refractivity contribution in [1.82, 2.24) is 5.32 Å². The molecule has 0 bridgehead atoms. The molecule has 6 heavy (non-hydrogen) atoms. The summed E-state index contributed by atoms with van der Waals surface area (Å²) in [6, 6.07) is 0. The van der Waals surface area contributed by atoms with Crippen LogP contribution in [0.4, 0.5) is 0 Å². The van der Waals surface area contributed by atoms with Gasteiger partial charge >= 0.3 is 0 Å². The van der Waals surface area contributed by atoms with Gasteiger partial charge < -0.3 is 0 Å². The van der Waals surface area contributed by atoms with Crippen LogP contribution >= 0.6 is 0 Å². The van der Waals surface area contributed by atoms with E-state index in [4.69, 9.17) is 0 Å². The molecule has 0 fully saturated rings. The van der Waals surface area contributed by atoms with Gasteiger partial charge in [-0.3, -0.25) is 10.1 Å². The molecule has 1 aliphatic rings. The summed E-state index contributed by atoms with van der Waals surface area (Å²) in [6.45, 7) is 0.361. The Labute approximate surface area is 35.9 Å². The van der Waals surface area contributed by atoms with Crippen molar-refractivity contribution in [3.8, 4) is 0 Å². The third-order valence-corrected chi connectivity index (χ3v) is 0.613. The standard InChI is InChI=1S/C4H4NO/c6-4-1-2-5-3-4/h1-2H,3H2. The van der Waals surface area contributed by atoms with Crippen molar-refractivity contribution in [2.45, 2.75) is 0 Å². The molecule has 0 aromatic rings. The largest absolute Gasteiger partial charge is 0.293 e. The molecule has 0 N–H and O–H groups in total. The smallest absolute Gasteiger partial charge is 0.178 e. The van der Waals surface area contributed by atoms with Crippen molar-refractivity contribution in [1.29, 1.82) is 0 Å². The Hall–Kier alpha value is -0.790. The number of ketones is 1. The number of carbonyl (C=O) groups excluding carboxylic acids is 1. The van der Waals surface area contributed by atoms with Gasteiger partial charge in [-0.05, 0) is 0 Å². The molecular weight excluding hydrogens is 78.0 g/mol. The first kappa shape index (κ1) is 3.40. The second kappa shape index (κ2) is 1.12. The van der Waals surface area contributed by atoms with E-state index >= 15 is 0 Å². The van der Waals surface area contributed by atoms with Crippen LogP contribution in [0.25, 0.3) is 0 Å². The SMILES string of the molecule is O=C1C=C[N]C1. The number of rotatable bonds is 0. The Morgan fingerprint density at radius 2 is 2.67 bits per heavy atom. The molecule has 1 rings (SSSR count). The lowest BCUT2D eigenvalue weighted by molar-refractivity contribution is -0.113. The van der Waals surface area contributed by atoms with Crippen molar-refractivity contribution in [2.75, 3.05) is 6.54 Å². The zero-order chi connectivity index (χ0) is 4.41. The van der Waals surface area contributed by atoms with Gasteiger partial charge in [-0.15, -0.1) is 0 Å². The van der Waals surface area contributed by atoms with E-state index in [0.717, 1.165) is 0 Å². The fourth-order valence-corrected chi connectivity index (χ4v) is 0.331. The Kier molecular flexibility index (Phi) is 0.638. The van der Waals surface area contributed by atoms with E-state index in [1.807, 2.05) is 0 Å². The summed E-state index contributed by atoms with van der Waals surface area (Å²) in [4.78, 5) is 10.1. The highest BCUT2D eigenvalue weighted by molar-refractivity contribution is 5.93. The molecule has 2 heteroatoms. The van der Waals surface area contributed by atoms with E-state index in [-0.39, 0.29) is 5.78 Å². The summed E-state index contributed by atoms with van der Waals surface area (Å²) in [6.07, 6.45) is 3.00. The molecule has 0 atom stereocenters. The minimum absolute atomic E-state index is 0.106. The van der Waals surface area contributed by atoms with E-state index in [2.05, 4.69) is 5.32 Å². The fourth-order valence-electron chi connectivity index (χ4n) is 0.331. The Balaban J connectivity index is 2.59. The Morgan fingerprint density at radius 1 is 1.83 bits per heavy atom. The third-order valence-electron chi connectivity index (χ3n) is 0.613. The zero-order valence-corrected chi connectivity index (χ0v) is 3.22. The fraction of sp³-hybridized carbons (Fsp3) is 0.250. The van der Waals surface area contributed by atoms with E-state index in [0.29, 0.717) is 6.54 Å². The molecule has 0 aromatic heterocycles. The van der Waals surface area contributed by atoms with Gasteiger partial charge in [0.25, 0.3) is 0 Å². The molecule has 0 saturated heterocycles. The van der Waals surface area contributed by atoms with Crippen LogP contribution in [0.15, 0.2) is 12.3 Å². The maximum atomic E-state index is 10.1. The van der Waals surface area contributed by atoms with Gasteiger partial charge in [-0.1, -0.05) is 0 Å². The normalized spacial score (nSPS) is 18.3. The average Bonchev–Trinajstić information content (AvgIpc) is 1.86. The summed E-state index contributed by atoms with van der Waals surface area (Å²) in [5.74, 6) is 0.106. The lowest BCUT2D eigenvalue weighted by Crippen LogP contribution is -1.99. The summed E-state index contributed by atoms with van der Waals surface area (Å²) in [5.41, 5.74) is 0. The molecule has 1 heterocycles. The monoisotopic (exact) mass is 82.0 g/mol. The van der Waals surface area contributed by atoms with Gasteiger partial charge in [0.1, 0.15) is 6.54 Å². The molecule has 0 spiro atoms. The van der Waals surface area contributed by atoms with Crippen LogP contribution in [-0.4, -0.2) is 12.3 Å². The quantitative estimate of drug-likeness (QED) is 0.394. The van der Waals surface area contributed by atoms with Crippen LogP contribution in [0, 0.1) is 0 Å². The first-order valence-corrected chi connectivity index (χ1v) is 1.75. The molecule has 2 nitrogen and oxygen atoms in total. The second-order valence-electron chi connectivity index (χ2n) is 1.12. The molecule has 1 aliphatic heterocycles.